The molecule has 1 aliphatic heterocycles. The topological polar surface area (TPSA) is 70.7 Å². The molecule has 1 fully saturated rings. The van der Waals surface area contributed by atoms with Crippen molar-refractivity contribution in [1.29, 1.82) is 0 Å². The van der Waals surface area contributed by atoms with Gasteiger partial charge in [-0.05, 0) is 72.4 Å². The van der Waals surface area contributed by atoms with Crippen LogP contribution in [-0.2, 0) is 11.4 Å². The molecule has 0 aromatic heterocycles. The van der Waals surface area contributed by atoms with E-state index in [1.165, 1.54) is 6.07 Å². The molecular weight excluding hydrogens is 629 g/mol. The zero-order valence-electron chi connectivity index (χ0n) is 18.1. The molecule has 0 atom stereocenters. The van der Waals surface area contributed by atoms with Gasteiger partial charge < -0.3 is 10.1 Å². The summed E-state index contributed by atoms with van der Waals surface area (Å²) < 4.78 is 6.97. The van der Waals surface area contributed by atoms with Crippen molar-refractivity contribution in [2.45, 2.75) is 6.61 Å². The van der Waals surface area contributed by atoms with Gasteiger partial charge in [-0.1, -0.05) is 74.6 Å². The van der Waals surface area contributed by atoms with E-state index < -0.39 is 11.9 Å². The van der Waals surface area contributed by atoms with Gasteiger partial charge in [0.25, 0.3) is 5.91 Å². The Morgan fingerprint density at radius 3 is 2.53 bits per heavy atom. The van der Waals surface area contributed by atoms with Crippen molar-refractivity contribution >= 4 is 103 Å². The molecule has 0 aliphatic carbocycles. The molecule has 0 bridgehead atoms. The van der Waals surface area contributed by atoms with E-state index in [0.29, 0.717) is 38.6 Å². The molecule has 0 unspecified atom stereocenters. The molecule has 0 spiro atoms. The molecule has 3 amide bonds. The van der Waals surface area contributed by atoms with Crippen molar-refractivity contribution in [3.05, 3.63) is 96.2 Å². The van der Waals surface area contributed by atoms with Crippen molar-refractivity contribution in [1.82, 2.24) is 10.4 Å². The molecule has 4 rings (SSSR count). The van der Waals surface area contributed by atoms with Gasteiger partial charge in [-0.3, -0.25) is 4.79 Å². The number of hydrogen-bond donors (Lipinski definition) is 2. The van der Waals surface area contributed by atoms with Crippen molar-refractivity contribution in [3.63, 3.8) is 0 Å². The number of benzene rings is 3. The molecule has 12 heteroatoms. The van der Waals surface area contributed by atoms with E-state index in [1.807, 2.05) is 24.3 Å². The van der Waals surface area contributed by atoms with Gasteiger partial charge in [0, 0.05) is 20.7 Å². The van der Waals surface area contributed by atoms with Gasteiger partial charge in [-0.15, -0.1) is 0 Å². The lowest BCUT2D eigenvalue weighted by Gasteiger charge is -2.16. The second-order valence-corrected chi connectivity index (χ2v) is 11.2. The van der Waals surface area contributed by atoms with Crippen LogP contribution in [0.1, 0.15) is 11.1 Å². The maximum atomic E-state index is 13.0. The van der Waals surface area contributed by atoms with Gasteiger partial charge in [-0.2, -0.15) is 5.01 Å². The number of thioether (sulfide) groups is 1. The lowest BCUT2D eigenvalue weighted by molar-refractivity contribution is -0.123. The first-order valence-electron chi connectivity index (χ1n) is 10.2. The average molecular weight is 644 g/mol. The zero-order valence-corrected chi connectivity index (χ0v) is 23.5. The van der Waals surface area contributed by atoms with E-state index in [9.17, 15) is 9.59 Å². The third-order valence-corrected chi connectivity index (χ3v) is 7.54. The average Bonchev–Trinajstić information content (AvgIpc) is 3.09. The molecule has 184 valence electrons. The first-order valence-corrected chi connectivity index (χ1v) is 13.3. The highest BCUT2D eigenvalue weighted by Crippen LogP contribution is 2.34. The minimum atomic E-state index is -0.666. The summed E-state index contributed by atoms with van der Waals surface area (Å²) in [5.74, 6) is 0.0988. The Kier molecular flexibility index (Phi) is 8.82. The Bertz CT molecular complexity index is 1390. The largest absolute Gasteiger partial charge is 0.488 e. The Morgan fingerprint density at radius 1 is 1.06 bits per heavy atom. The fourth-order valence-corrected chi connectivity index (χ4v) is 5.02. The molecule has 36 heavy (non-hydrogen) atoms. The quantitative estimate of drug-likeness (QED) is 0.211. The molecule has 0 saturated carbocycles. The summed E-state index contributed by atoms with van der Waals surface area (Å²) in [7, 11) is 0. The molecule has 1 heterocycles. The third-order valence-electron chi connectivity index (χ3n) is 4.75. The van der Waals surface area contributed by atoms with Crippen molar-refractivity contribution < 1.29 is 14.3 Å². The number of carbonyl (C=O) groups excluding carboxylic acids is 2. The lowest BCUT2D eigenvalue weighted by atomic mass is 10.1. The number of halogens is 4. The lowest BCUT2D eigenvalue weighted by Crippen LogP contribution is -2.46. The highest BCUT2D eigenvalue weighted by Gasteiger charge is 2.34. The summed E-state index contributed by atoms with van der Waals surface area (Å²) in [5.41, 5.74) is 4.47. The number of ether oxygens (including phenoxy) is 1. The number of amides is 3. The number of hydrogen-bond acceptors (Lipinski definition) is 5. The van der Waals surface area contributed by atoms with Crippen LogP contribution in [0, 0.1) is 0 Å². The first-order chi connectivity index (χ1) is 17.2. The second kappa shape index (κ2) is 11.9. The zero-order chi connectivity index (χ0) is 25.8. The molecule has 1 aliphatic rings. The predicted octanol–water partition coefficient (Wildman–Crippen LogP) is 7.93. The Balaban J connectivity index is 1.47. The van der Waals surface area contributed by atoms with Gasteiger partial charge in [0.05, 0.1) is 15.0 Å². The van der Waals surface area contributed by atoms with Gasteiger partial charge >= 0.3 is 6.03 Å². The minimum Gasteiger partial charge on any atom is -0.488 e. The van der Waals surface area contributed by atoms with Crippen LogP contribution in [0.25, 0.3) is 6.08 Å². The summed E-state index contributed by atoms with van der Waals surface area (Å²) in [6.45, 7) is 0.317. The highest BCUT2D eigenvalue weighted by atomic mass is 79.9. The van der Waals surface area contributed by atoms with Crippen LogP contribution in [0.2, 0.25) is 15.1 Å². The van der Waals surface area contributed by atoms with Crippen LogP contribution >= 0.6 is 74.7 Å². The Labute approximate surface area is 240 Å². The SMILES string of the molecule is O=C(Nc1ccc(Cl)c(Cl)c1)NN1C(=O)/C(=C\c2cc(Br)ccc2OCc2ccc(Cl)cc2)SC1=S. The number of urea groups is 1. The molecule has 0 radical (unpaired) electrons. The first kappa shape index (κ1) is 26.8. The Morgan fingerprint density at radius 2 is 1.81 bits per heavy atom. The number of thiocarbonyl (C=S) groups is 1. The normalized spacial score (nSPS) is 14.3. The monoisotopic (exact) mass is 641 g/mol. The van der Waals surface area contributed by atoms with Crippen LogP contribution in [0.3, 0.4) is 0 Å². The van der Waals surface area contributed by atoms with E-state index in [2.05, 4.69) is 26.7 Å². The van der Waals surface area contributed by atoms with E-state index >= 15 is 0 Å². The molecule has 3 aromatic carbocycles. The summed E-state index contributed by atoms with van der Waals surface area (Å²) in [5, 5.41) is 4.87. The predicted molar refractivity (Wildman–Crippen MR) is 154 cm³/mol. The van der Waals surface area contributed by atoms with Gasteiger partial charge in [0.15, 0.2) is 4.32 Å². The van der Waals surface area contributed by atoms with E-state index in [-0.39, 0.29) is 9.34 Å². The molecular formula is C24H15BrCl3N3O3S2. The summed E-state index contributed by atoms with van der Waals surface area (Å²) >= 11 is 27.6. The highest BCUT2D eigenvalue weighted by molar-refractivity contribution is 9.10. The number of hydrazine groups is 1. The van der Waals surface area contributed by atoms with Crippen LogP contribution in [0.5, 0.6) is 5.75 Å². The molecule has 2 N–H and O–H groups in total. The summed E-state index contributed by atoms with van der Waals surface area (Å²) in [6, 6.07) is 16.8. The Hall–Kier alpha value is -2.27. The molecule has 1 saturated heterocycles. The van der Waals surface area contributed by atoms with Gasteiger partial charge in [0.1, 0.15) is 12.4 Å². The second-order valence-electron chi connectivity index (χ2n) is 7.31. The fourth-order valence-electron chi connectivity index (χ4n) is 3.05. The third kappa shape index (κ3) is 6.73. The maximum absolute atomic E-state index is 13.0. The van der Waals surface area contributed by atoms with E-state index in [4.69, 9.17) is 51.8 Å². The van der Waals surface area contributed by atoms with Crippen LogP contribution in [0.15, 0.2) is 70.0 Å². The van der Waals surface area contributed by atoms with Crippen molar-refractivity contribution in [2.24, 2.45) is 0 Å². The number of rotatable bonds is 6. The van der Waals surface area contributed by atoms with Crippen molar-refractivity contribution in [2.75, 3.05) is 5.32 Å². The summed E-state index contributed by atoms with van der Waals surface area (Å²) in [4.78, 5) is 25.8. The maximum Gasteiger partial charge on any atom is 0.338 e. The van der Waals surface area contributed by atoms with Gasteiger partial charge in [-0.25, -0.2) is 10.2 Å². The number of anilines is 1. The van der Waals surface area contributed by atoms with E-state index in [1.54, 1.807) is 36.4 Å². The van der Waals surface area contributed by atoms with Gasteiger partial charge in [0.2, 0.25) is 0 Å². The number of nitrogens with one attached hydrogen (secondary N) is 2. The standard InChI is InChI=1S/C24H15BrCl3N3O3S2/c25-15-3-8-20(34-12-13-1-4-16(26)5-2-13)14(9-15)10-21-22(32)31(24(35)36-21)30-23(33)29-17-6-7-18(27)19(28)11-17/h1-11H,12H2,(H2,29,30,33)/b21-10+. The molecule has 6 nitrogen and oxygen atoms in total. The fraction of sp³-hybridized carbons (Fsp3) is 0.0417. The van der Waals surface area contributed by atoms with Crippen molar-refractivity contribution in [3.8, 4) is 5.75 Å². The van der Waals surface area contributed by atoms with Crippen LogP contribution in [-0.4, -0.2) is 21.3 Å². The summed E-state index contributed by atoms with van der Waals surface area (Å²) in [6.07, 6.45) is 1.67. The van der Waals surface area contributed by atoms with Crippen LogP contribution < -0.4 is 15.5 Å². The smallest absolute Gasteiger partial charge is 0.338 e. The van der Waals surface area contributed by atoms with Crippen LogP contribution in [0.4, 0.5) is 10.5 Å². The van der Waals surface area contributed by atoms with E-state index in [0.717, 1.165) is 26.8 Å². The molecule has 3 aromatic rings. The number of nitrogens with zero attached hydrogens (tertiary/aromatic N) is 1. The minimum absolute atomic E-state index is 0.175. The number of carbonyl (C=O) groups is 2.